The highest BCUT2D eigenvalue weighted by Gasteiger charge is 2.23. The number of rotatable bonds is 5. The molecule has 1 aliphatic rings. The van der Waals surface area contributed by atoms with E-state index < -0.39 is 10.0 Å². The summed E-state index contributed by atoms with van der Waals surface area (Å²) < 4.78 is 38.0. The summed E-state index contributed by atoms with van der Waals surface area (Å²) in [6.07, 6.45) is 0. The zero-order valence-corrected chi connectivity index (χ0v) is 13.0. The minimum Gasteiger partial charge on any atom is -0.486 e. The van der Waals surface area contributed by atoms with E-state index in [0.29, 0.717) is 30.6 Å². The quantitative estimate of drug-likeness (QED) is 0.843. The number of fused-ring (bicyclic) bond motifs is 1. The highest BCUT2D eigenvalue weighted by Crippen LogP contribution is 2.32. The van der Waals surface area contributed by atoms with E-state index in [9.17, 15) is 8.42 Å². The number of hydrogen-bond donors (Lipinski definition) is 1. The van der Waals surface area contributed by atoms with Gasteiger partial charge in [0.05, 0.1) is 4.90 Å². The molecule has 1 heterocycles. The van der Waals surface area contributed by atoms with Crippen LogP contribution in [-0.4, -0.2) is 33.6 Å². The third kappa shape index (κ3) is 3.37. The van der Waals surface area contributed by atoms with Crippen LogP contribution < -0.4 is 14.2 Å². The third-order valence-electron chi connectivity index (χ3n) is 3.26. The Balaban J connectivity index is 2.21. The fourth-order valence-corrected chi connectivity index (χ4v) is 3.39. The number of sulfonamides is 1. The molecule has 0 saturated heterocycles. The molecule has 112 valence electrons. The first-order valence-electron chi connectivity index (χ1n) is 6.42. The number of halogens is 1. The summed E-state index contributed by atoms with van der Waals surface area (Å²) >= 11 is 5.75. The van der Waals surface area contributed by atoms with Gasteiger partial charge in [0.1, 0.15) is 13.2 Å². The van der Waals surface area contributed by atoms with E-state index in [2.05, 4.69) is 4.72 Å². The second kappa shape index (κ2) is 6.20. The van der Waals surface area contributed by atoms with Crippen molar-refractivity contribution in [1.82, 2.24) is 4.72 Å². The lowest BCUT2D eigenvalue weighted by Gasteiger charge is -2.21. The zero-order valence-electron chi connectivity index (χ0n) is 11.4. The molecule has 0 aliphatic carbocycles. The van der Waals surface area contributed by atoms with E-state index in [1.54, 1.807) is 13.0 Å². The van der Waals surface area contributed by atoms with Crippen LogP contribution in [0, 0.1) is 5.92 Å². The predicted octanol–water partition coefficient (Wildman–Crippen LogP) is 2.00. The van der Waals surface area contributed by atoms with Crippen molar-refractivity contribution in [2.24, 2.45) is 5.92 Å². The number of nitrogens with one attached hydrogen (secondary N) is 1. The monoisotopic (exact) mass is 319 g/mol. The summed E-state index contributed by atoms with van der Waals surface area (Å²) in [6, 6.07) is 4.35. The molecule has 1 N–H and O–H groups in total. The summed E-state index contributed by atoms with van der Waals surface area (Å²) in [7, 11) is -3.59. The van der Waals surface area contributed by atoms with Gasteiger partial charge in [-0.3, -0.25) is 0 Å². The lowest BCUT2D eigenvalue weighted by molar-refractivity contribution is 0.171. The Kier molecular flexibility index (Phi) is 4.78. The van der Waals surface area contributed by atoms with Gasteiger partial charge < -0.3 is 9.47 Å². The Morgan fingerprint density at radius 2 is 1.90 bits per heavy atom. The van der Waals surface area contributed by atoms with Gasteiger partial charge in [-0.25, -0.2) is 13.1 Å². The summed E-state index contributed by atoms with van der Waals surface area (Å²) in [5.41, 5.74) is 0. The lowest BCUT2D eigenvalue weighted by atomic mass is 10.1. The molecule has 0 bridgehead atoms. The van der Waals surface area contributed by atoms with Gasteiger partial charge in [-0.05, 0) is 25.0 Å². The van der Waals surface area contributed by atoms with Gasteiger partial charge in [-0.2, -0.15) is 0 Å². The molecule has 0 radical (unpaired) electrons. The van der Waals surface area contributed by atoms with Crippen LogP contribution in [0.1, 0.15) is 13.8 Å². The summed E-state index contributed by atoms with van der Waals surface area (Å²) in [4.78, 5) is 0.162. The maximum absolute atomic E-state index is 12.3. The largest absolute Gasteiger partial charge is 0.486 e. The maximum Gasteiger partial charge on any atom is 0.240 e. The van der Waals surface area contributed by atoms with Gasteiger partial charge in [-0.1, -0.05) is 6.92 Å². The topological polar surface area (TPSA) is 64.6 Å². The van der Waals surface area contributed by atoms with Crippen LogP contribution in [0.2, 0.25) is 0 Å². The van der Waals surface area contributed by atoms with Gasteiger partial charge >= 0.3 is 0 Å². The molecule has 5 nitrogen and oxygen atoms in total. The molecule has 0 spiro atoms. The smallest absolute Gasteiger partial charge is 0.240 e. The first-order valence-corrected chi connectivity index (χ1v) is 8.44. The van der Waals surface area contributed by atoms with Crippen molar-refractivity contribution in [3.05, 3.63) is 18.2 Å². The van der Waals surface area contributed by atoms with Crippen molar-refractivity contribution >= 4 is 21.6 Å². The molecule has 1 aromatic rings. The first-order chi connectivity index (χ1) is 9.44. The molecule has 1 aliphatic heterocycles. The Hall–Kier alpha value is -0.980. The molecule has 20 heavy (non-hydrogen) atoms. The van der Waals surface area contributed by atoms with E-state index in [4.69, 9.17) is 21.1 Å². The second-order valence-electron chi connectivity index (χ2n) is 4.85. The lowest BCUT2D eigenvalue weighted by Crippen LogP contribution is -2.37. The van der Waals surface area contributed by atoms with Crippen LogP contribution in [-0.2, 0) is 10.0 Å². The van der Waals surface area contributed by atoms with Crippen molar-refractivity contribution < 1.29 is 17.9 Å². The van der Waals surface area contributed by atoms with Crippen LogP contribution in [0.5, 0.6) is 11.5 Å². The van der Waals surface area contributed by atoms with E-state index >= 15 is 0 Å². The molecular formula is C13H18ClNO4S. The predicted molar refractivity (Wildman–Crippen MR) is 77.1 cm³/mol. The van der Waals surface area contributed by atoms with Crippen molar-refractivity contribution in [2.45, 2.75) is 24.8 Å². The van der Waals surface area contributed by atoms with Crippen LogP contribution in [0.25, 0.3) is 0 Å². The Morgan fingerprint density at radius 1 is 1.25 bits per heavy atom. The molecule has 0 fully saturated rings. The maximum atomic E-state index is 12.3. The molecular weight excluding hydrogens is 302 g/mol. The average Bonchev–Trinajstić information content (AvgIpc) is 2.45. The van der Waals surface area contributed by atoms with Gasteiger partial charge in [0.15, 0.2) is 11.5 Å². The number of benzene rings is 1. The van der Waals surface area contributed by atoms with Crippen molar-refractivity contribution in [3.63, 3.8) is 0 Å². The first kappa shape index (κ1) is 15.4. The fraction of sp³-hybridized carbons (Fsp3) is 0.538. The summed E-state index contributed by atoms with van der Waals surface area (Å²) in [6.45, 7) is 4.58. The molecule has 0 amide bonds. The number of ether oxygens (including phenoxy) is 2. The zero-order chi connectivity index (χ0) is 14.8. The van der Waals surface area contributed by atoms with Crippen LogP contribution in [0.15, 0.2) is 23.1 Å². The van der Waals surface area contributed by atoms with Gasteiger partial charge in [0.2, 0.25) is 10.0 Å². The van der Waals surface area contributed by atoms with E-state index in [1.807, 2.05) is 6.92 Å². The Bertz CT molecular complexity index is 576. The normalized spacial score (nSPS) is 17.6. The minimum absolute atomic E-state index is 0.0450. The summed E-state index contributed by atoms with van der Waals surface area (Å²) in [5.74, 6) is 1.46. The third-order valence-corrected chi connectivity index (χ3v) is 5.31. The van der Waals surface area contributed by atoms with E-state index in [1.165, 1.54) is 12.1 Å². The summed E-state index contributed by atoms with van der Waals surface area (Å²) in [5, 5.41) is 0. The van der Waals surface area contributed by atoms with Crippen molar-refractivity contribution in [3.8, 4) is 11.5 Å². The van der Waals surface area contributed by atoms with Gasteiger partial charge in [0.25, 0.3) is 0 Å². The Morgan fingerprint density at radius 3 is 2.55 bits per heavy atom. The molecule has 2 unspecified atom stereocenters. The highest BCUT2D eigenvalue weighted by atomic mass is 35.5. The molecule has 0 aromatic heterocycles. The highest BCUT2D eigenvalue weighted by molar-refractivity contribution is 7.89. The molecule has 0 saturated carbocycles. The fourth-order valence-electron chi connectivity index (χ4n) is 1.75. The molecule has 2 rings (SSSR count). The van der Waals surface area contributed by atoms with Crippen LogP contribution >= 0.6 is 11.6 Å². The average molecular weight is 320 g/mol. The Labute approximate surface area is 124 Å². The van der Waals surface area contributed by atoms with Gasteiger partial charge in [-0.15, -0.1) is 11.6 Å². The standard InChI is InChI=1S/C13H18ClNO4S/c1-9(8-14)10(2)15-20(16,17)11-3-4-12-13(7-11)19-6-5-18-12/h3-4,7,9-10,15H,5-6,8H2,1-2H3. The number of alkyl halides is 1. The molecule has 1 aromatic carbocycles. The minimum atomic E-state index is -3.59. The van der Waals surface area contributed by atoms with Crippen LogP contribution in [0.4, 0.5) is 0 Å². The van der Waals surface area contributed by atoms with Crippen molar-refractivity contribution in [2.75, 3.05) is 19.1 Å². The van der Waals surface area contributed by atoms with Crippen LogP contribution in [0.3, 0.4) is 0 Å². The van der Waals surface area contributed by atoms with Gasteiger partial charge in [0, 0.05) is 18.0 Å². The molecule has 2 atom stereocenters. The van der Waals surface area contributed by atoms with Crippen molar-refractivity contribution in [1.29, 1.82) is 0 Å². The second-order valence-corrected chi connectivity index (χ2v) is 6.87. The molecule has 7 heteroatoms. The number of hydrogen-bond acceptors (Lipinski definition) is 4. The van der Waals surface area contributed by atoms with E-state index in [-0.39, 0.29) is 16.9 Å². The van der Waals surface area contributed by atoms with E-state index in [0.717, 1.165) is 0 Å². The SMILES string of the molecule is CC(CCl)C(C)NS(=O)(=O)c1ccc2c(c1)OCCO2.